The van der Waals surface area contributed by atoms with Crippen LogP contribution in [0.5, 0.6) is 5.75 Å². The molecule has 0 amide bonds. The Morgan fingerprint density at radius 3 is 2.50 bits per heavy atom. The fraction of sp³-hybridized carbons (Fsp3) is 0.0625. The van der Waals surface area contributed by atoms with E-state index in [2.05, 4.69) is 6.07 Å². The van der Waals surface area contributed by atoms with E-state index in [1.165, 1.54) is 11.3 Å². The number of carbonyl (C=O) groups is 1. The average Bonchev–Trinajstić information content (AvgIpc) is 2.96. The van der Waals surface area contributed by atoms with Gasteiger partial charge in [-0.15, -0.1) is 11.3 Å². The van der Waals surface area contributed by atoms with Crippen molar-refractivity contribution in [3.63, 3.8) is 0 Å². The number of fused-ring (bicyclic) bond motifs is 1. The van der Waals surface area contributed by atoms with Gasteiger partial charge in [-0.05, 0) is 46.7 Å². The second-order valence-electron chi connectivity index (χ2n) is 4.40. The summed E-state index contributed by atoms with van der Waals surface area (Å²) < 4.78 is 5.20. The number of hydrogen-bond acceptors (Lipinski definition) is 3. The van der Waals surface area contributed by atoms with Crippen LogP contribution in [0.3, 0.4) is 0 Å². The minimum Gasteiger partial charge on any atom is -0.497 e. The molecule has 20 heavy (non-hydrogen) atoms. The summed E-state index contributed by atoms with van der Waals surface area (Å²) in [7, 11) is 1.65. The summed E-state index contributed by atoms with van der Waals surface area (Å²) in [6.45, 7) is 0. The van der Waals surface area contributed by atoms with Crippen molar-refractivity contribution in [2.45, 2.75) is 0 Å². The summed E-state index contributed by atoms with van der Waals surface area (Å²) in [4.78, 5) is 12.2. The lowest BCUT2D eigenvalue weighted by molar-refractivity contribution is 0.0702. The zero-order valence-corrected chi connectivity index (χ0v) is 11.6. The number of ether oxygens (including phenoxy) is 1. The zero-order chi connectivity index (χ0) is 14.1. The van der Waals surface area contributed by atoms with Crippen LogP contribution in [0.15, 0.2) is 48.5 Å². The molecule has 3 rings (SSSR count). The molecular weight excluding hydrogens is 272 g/mol. The van der Waals surface area contributed by atoms with E-state index in [-0.39, 0.29) is 0 Å². The fourth-order valence-electron chi connectivity index (χ4n) is 2.11. The van der Waals surface area contributed by atoms with Gasteiger partial charge in [0.15, 0.2) is 0 Å². The van der Waals surface area contributed by atoms with Gasteiger partial charge in [0.25, 0.3) is 0 Å². The van der Waals surface area contributed by atoms with Crippen molar-refractivity contribution in [3.05, 3.63) is 53.4 Å². The van der Waals surface area contributed by atoms with Crippen LogP contribution in [0.4, 0.5) is 0 Å². The van der Waals surface area contributed by atoms with Gasteiger partial charge in [-0.3, -0.25) is 0 Å². The number of carboxylic acid groups (broad SMARTS) is 1. The first-order chi connectivity index (χ1) is 9.67. The molecule has 2 aromatic carbocycles. The van der Waals surface area contributed by atoms with E-state index in [1.54, 1.807) is 13.2 Å². The van der Waals surface area contributed by atoms with Crippen molar-refractivity contribution in [2.75, 3.05) is 7.11 Å². The quantitative estimate of drug-likeness (QED) is 0.781. The molecule has 3 nitrogen and oxygen atoms in total. The molecule has 0 bridgehead atoms. The SMILES string of the molecule is COc1ccc2cc(-c3ccc(C(=O)O)s3)ccc2c1. The van der Waals surface area contributed by atoms with E-state index in [4.69, 9.17) is 9.84 Å². The summed E-state index contributed by atoms with van der Waals surface area (Å²) in [5, 5.41) is 11.2. The van der Waals surface area contributed by atoms with E-state index in [0.29, 0.717) is 4.88 Å². The second-order valence-corrected chi connectivity index (χ2v) is 5.48. The van der Waals surface area contributed by atoms with Gasteiger partial charge in [0.1, 0.15) is 10.6 Å². The topological polar surface area (TPSA) is 46.5 Å². The van der Waals surface area contributed by atoms with Gasteiger partial charge in [0.05, 0.1) is 7.11 Å². The number of hydrogen-bond donors (Lipinski definition) is 1. The standard InChI is InChI=1S/C16H12O3S/c1-19-13-5-4-10-8-12(3-2-11(10)9-13)14-6-7-15(20-14)16(17)18/h2-9H,1H3,(H,17,18). The predicted molar refractivity (Wildman–Crippen MR) is 80.8 cm³/mol. The van der Waals surface area contributed by atoms with Gasteiger partial charge in [0.2, 0.25) is 0 Å². The van der Waals surface area contributed by atoms with Crippen molar-refractivity contribution in [1.82, 2.24) is 0 Å². The monoisotopic (exact) mass is 284 g/mol. The van der Waals surface area contributed by atoms with Crippen LogP contribution in [-0.2, 0) is 0 Å². The van der Waals surface area contributed by atoms with E-state index in [0.717, 1.165) is 27.0 Å². The first kappa shape index (κ1) is 12.7. The summed E-state index contributed by atoms with van der Waals surface area (Å²) in [6, 6.07) is 15.5. The normalized spacial score (nSPS) is 10.7. The maximum absolute atomic E-state index is 10.9. The molecule has 4 heteroatoms. The van der Waals surface area contributed by atoms with Crippen molar-refractivity contribution in [2.24, 2.45) is 0 Å². The molecule has 0 saturated carbocycles. The van der Waals surface area contributed by atoms with Crippen LogP contribution < -0.4 is 4.74 Å². The Kier molecular flexibility index (Phi) is 3.16. The summed E-state index contributed by atoms with van der Waals surface area (Å²) in [6.07, 6.45) is 0. The lowest BCUT2D eigenvalue weighted by Gasteiger charge is -2.04. The van der Waals surface area contributed by atoms with Gasteiger partial charge < -0.3 is 9.84 Å². The first-order valence-electron chi connectivity index (χ1n) is 6.09. The molecule has 1 aromatic heterocycles. The predicted octanol–water partition coefficient (Wildman–Crippen LogP) is 4.28. The molecule has 3 aromatic rings. The van der Waals surface area contributed by atoms with Crippen molar-refractivity contribution >= 4 is 28.1 Å². The van der Waals surface area contributed by atoms with E-state index >= 15 is 0 Å². The van der Waals surface area contributed by atoms with Crippen molar-refractivity contribution < 1.29 is 14.6 Å². The number of rotatable bonds is 3. The molecule has 0 fully saturated rings. The van der Waals surface area contributed by atoms with Crippen LogP contribution >= 0.6 is 11.3 Å². The minimum atomic E-state index is -0.883. The molecule has 0 aliphatic carbocycles. The number of thiophene rings is 1. The molecule has 1 heterocycles. The zero-order valence-electron chi connectivity index (χ0n) is 10.8. The Hall–Kier alpha value is -2.33. The minimum absolute atomic E-state index is 0.356. The molecule has 0 aliphatic heterocycles. The summed E-state index contributed by atoms with van der Waals surface area (Å²) in [5.74, 6) is -0.0543. The van der Waals surface area contributed by atoms with E-state index in [1.807, 2.05) is 36.4 Å². The van der Waals surface area contributed by atoms with Gasteiger partial charge in [0, 0.05) is 4.88 Å². The van der Waals surface area contributed by atoms with Gasteiger partial charge in [-0.25, -0.2) is 4.79 Å². The lowest BCUT2D eigenvalue weighted by Crippen LogP contribution is -1.89. The van der Waals surface area contributed by atoms with Gasteiger partial charge in [-0.2, -0.15) is 0 Å². The number of carboxylic acids is 1. The van der Waals surface area contributed by atoms with Crippen LogP contribution in [0, 0.1) is 0 Å². The highest BCUT2D eigenvalue weighted by Crippen LogP contribution is 2.31. The molecule has 0 unspecified atom stereocenters. The van der Waals surface area contributed by atoms with Crippen LogP contribution in [0.1, 0.15) is 9.67 Å². The lowest BCUT2D eigenvalue weighted by atomic mass is 10.1. The Bertz CT molecular complexity index is 789. The maximum atomic E-state index is 10.9. The first-order valence-corrected chi connectivity index (χ1v) is 6.90. The molecule has 0 spiro atoms. The third kappa shape index (κ3) is 2.26. The van der Waals surface area contributed by atoms with E-state index < -0.39 is 5.97 Å². The highest BCUT2D eigenvalue weighted by atomic mass is 32.1. The second kappa shape index (κ2) is 4.98. The van der Waals surface area contributed by atoms with E-state index in [9.17, 15) is 4.79 Å². The van der Waals surface area contributed by atoms with Crippen molar-refractivity contribution in [1.29, 1.82) is 0 Å². The number of methoxy groups -OCH3 is 1. The summed E-state index contributed by atoms with van der Waals surface area (Å²) in [5.41, 5.74) is 1.03. The Labute approximate surface area is 120 Å². The molecule has 1 N–H and O–H groups in total. The molecule has 100 valence electrons. The third-order valence-corrected chi connectivity index (χ3v) is 4.27. The number of aromatic carboxylic acids is 1. The Balaban J connectivity index is 2.05. The third-order valence-electron chi connectivity index (χ3n) is 3.15. The highest BCUT2D eigenvalue weighted by Gasteiger charge is 2.08. The Morgan fingerprint density at radius 2 is 1.80 bits per heavy atom. The summed E-state index contributed by atoms with van der Waals surface area (Å²) >= 11 is 1.29. The number of benzene rings is 2. The smallest absolute Gasteiger partial charge is 0.345 e. The van der Waals surface area contributed by atoms with Gasteiger partial charge in [-0.1, -0.05) is 18.2 Å². The van der Waals surface area contributed by atoms with Gasteiger partial charge >= 0.3 is 5.97 Å². The molecule has 0 atom stereocenters. The Morgan fingerprint density at radius 1 is 1.05 bits per heavy atom. The largest absolute Gasteiger partial charge is 0.497 e. The van der Waals surface area contributed by atoms with Crippen molar-refractivity contribution in [3.8, 4) is 16.2 Å². The highest BCUT2D eigenvalue weighted by molar-refractivity contribution is 7.17. The molecule has 0 aliphatic rings. The molecule has 0 saturated heterocycles. The average molecular weight is 284 g/mol. The molecule has 0 radical (unpaired) electrons. The van der Waals surface area contributed by atoms with Crippen LogP contribution in [0.2, 0.25) is 0 Å². The fourth-order valence-corrected chi connectivity index (χ4v) is 2.95. The van der Waals surface area contributed by atoms with Crippen LogP contribution in [-0.4, -0.2) is 18.2 Å². The maximum Gasteiger partial charge on any atom is 0.345 e. The van der Waals surface area contributed by atoms with Crippen LogP contribution in [0.25, 0.3) is 21.2 Å². The molecular formula is C16H12O3S.